The number of carbonyl (C=O) groups is 1. The molecule has 0 saturated carbocycles. The number of methoxy groups -OCH3 is 1. The van der Waals surface area contributed by atoms with Gasteiger partial charge in [0.1, 0.15) is 5.75 Å². The molecule has 0 aromatic heterocycles. The molecule has 6 nitrogen and oxygen atoms in total. The quantitative estimate of drug-likeness (QED) is 0.839. The predicted octanol–water partition coefficient (Wildman–Crippen LogP) is 2.31. The van der Waals surface area contributed by atoms with Gasteiger partial charge in [-0.3, -0.25) is 4.79 Å². The molecule has 0 unspecified atom stereocenters. The first-order valence-corrected chi connectivity index (χ1v) is 8.84. The van der Waals surface area contributed by atoms with Gasteiger partial charge in [-0.2, -0.15) is 4.72 Å². The number of rotatable bonds is 6. The number of anilines is 1. The van der Waals surface area contributed by atoms with Gasteiger partial charge >= 0.3 is 0 Å². The molecule has 1 atom stereocenters. The zero-order chi connectivity index (χ0) is 17.7. The number of hydrogen-bond acceptors (Lipinski definition) is 4. The van der Waals surface area contributed by atoms with Crippen molar-refractivity contribution in [2.45, 2.75) is 24.8 Å². The van der Waals surface area contributed by atoms with Gasteiger partial charge in [-0.15, -0.1) is 0 Å². The predicted molar refractivity (Wildman–Crippen MR) is 92.6 cm³/mol. The maximum absolute atomic E-state index is 12.3. The van der Waals surface area contributed by atoms with Crippen LogP contribution in [0.4, 0.5) is 5.69 Å². The maximum Gasteiger partial charge on any atom is 0.242 e. The first kappa shape index (κ1) is 18.0. The molecule has 0 heterocycles. The molecule has 2 rings (SSSR count). The number of ether oxygens (including phenoxy) is 1. The van der Waals surface area contributed by atoms with Crippen molar-refractivity contribution in [3.05, 3.63) is 54.1 Å². The van der Waals surface area contributed by atoms with E-state index in [4.69, 9.17) is 4.74 Å². The number of nitrogens with one attached hydrogen (secondary N) is 2. The molecule has 2 aromatic carbocycles. The summed E-state index contributed by atoms with van der Waals surface area (Å²) in [5.74, 6) is 0.139. The Morgan fingerprint density at radius 1 is 1.12 bits per heavy atom. The summed E-state index contributed by atoms with van der Waals surface area (Å²) in [6.07, 6.45) is 0. The van der Waals surface area contributed by atoms with Crippen molar-refractivity contribution in [3.8, 4) is 5.75 Å². The Balaban J connectivity index is 2.06. The largest absolute Gasteiger partial charge is 0.497 e. The van der Waals surface area contributed by atoms with E-state index in [1.54, 1.807) is 36.4 Å². The topological polar surface area (TPSA) is 84.5 Å². The van der Waals surface area contributed by atoms with E-state index in [1.165, 1.54) is 26.2 Å². The third-order valence-electron chi connectivity index (χ3n) is 3.39. The molecule has 0 saturated heterocycles. The van der Waals surface area contributed by atoms with Gasteiger partial charge in [-0.1, -0.05) is 23.8 Å². The number of carbonyl (C=O) groups excluding carboxylic acids is 1. The van der Waals surface area contributed by atoms with E-state index in [0.29, 0.717) is 11.4 Å². The van der Waals surface area contributed by atoms with Crippen molar-refractivity contribution >= 4 is 21.6 Å². The lowest BCUT2D eigenvalue weighted by Gasteiger charge is -2.15. The molecule has 1 amide bonds. The fraction of sp³-hybridized carbons (Fsp3) is 0.235. The van der Waals surface area contributed by atoms with E-state index < -0.39 is 22.0 Å². The monoisotopic (exact) mass is 348 g/mol. The van der Waals surface area contributed by atoms with Crippen LogP contribution in [-0.2, 0) is 14.8 Å². The Morgan fingerprint density at radius 3 is 2.42 bits per heavy atom. The smallest absolute Gasteiger partial charge is 0.242 e. The number of aryl methyl sites for hydroxylation is 1. The summed E-state index contributed by atoms with van der Waals surface area (Å²) in [5, 5.41) is 2.65. The van der Waals surface area contributed by atoms with Gasteiger partial charge in [0.05, 0.1) is 18.0 Å². The molecule has 0 aliphatic carbocycles. The summed E-state index contributed by atoms with van der Waals surface area (Å²) < 4.78 is 32.1. The summed E-state index contributed by atoms with van der Waals surface area (Å²) in [5.41, 5.74) is 1.48. The molecule has 0 radical (unpaired) electrons. The van der Waals surface area contributed by atoms with Crippen LogP contribution in [0.5, 0.6) is 5.75 Å². The fourth-order valence-electron chi connectivity index (χ4n) is 2.02. The molecular formula is C17H20N2O4S. The molecule has 0 aliphatic heterocycles. The normalized spacial score (nSPS) is 12.5. The van der Waals surface area contributed by atoms with Gasteiger partial charge in [0.2, 0.25) is 15.9 Å². The molecule has 128 valence electrons. The zero-order valence-electron chi connectivity index (χ0n) is 13.7. The molecule has 0 spiro atoms. The fourth-order valence-corrected chi connectivity index (χ4v) is 3.23. The minimum absolute atomic E-state index is 0.120. The van der Waals surface area contributed by atoms with Crippen molar-refractivity contribution in [3.63, 3.8) is 0 Å². The third kappa shape index (κ3) is 4.56. The van der Waals surface area contributed by atoms with Crippen molar-refractivity contribution in [2.75, 3.05) is 12.4 Å². The molecular weight excluding hydrogens is 328 g/mol. The Kier molecular flexibility index (Phi) is 5.58. The van der Waals surface area contributed by atoms with Crippen LogP contribution < -0.4 is 14.8 Å². The lowest BCUT2D eigenvalue weighted by Crippen LogP contribution is -2.41. The minimum Gasteiger partial charge on any atom is -0.497 e. The Hall–Kier alpha value is -2.38. The van der Waals surface area contributed by atoms with E-state index in [2.05, 4.69) is 10.0 Å². The SMILES string of the molecule is COc1cccc(NC(=O)[C@H](C)NS(=O)(=O)c2ccc(C)cc2)c1. The van der Waals surface area contributed by atoms with Crippen molar-refractivity contribution < 1.29 is 17.9 Å². The van der Waals surface area contributed by atoms with E-state index >= 15 is 0 Å². The standard InChI is InChI=1S/C17H20N2O4S/c1-12-7-9-16(10-8-12)24(21,22)19-13(2)17(20)18-14-5-4-6-15(11-14)23-3/h4-11,13,19H,1-3H3,(H,18,20)/t13-/m0/s1. The Labute approximate surface area is 141 Å². The zero-order valence-corrected chi connectivity index (χ0v) is 14.6. The maximum atomic E-state index is 12.3. The Morgan fingerprint density at radius 2 is 1.79 bits per heavy atom. The van der Waals surface area contributed by atoms with E-state index in [-0.39, 0.29) is 4.90 Å². The molecule has 24 heavy (non-hydrogen) atoms. The van der Waals surface area contributed by atoms with Gasteiger partial charge in [0.15, 0.2) is 0 Å². The highest BCUT2D eigenvalue weighted by Gasteiger charge is 2.22. The van der Waals surface area contributed by atoms with Crippen LogP contribution in [0.25, 0.3) is 0 Å². The van der Waals surface area contributed by atoms with Crippen LogP contribution in [-0.4, -0.2) is 27.5 Å². The minimum atomic E-state index is -3.76. The van der Waals surface area contributed by atoms with E-state index in [0.717, 1.165) is 5.56 Å². The second-order valence-electron chi connectivity index (χ2n) is 5.38. The summed E-state index contributed by atoms with van der Waals surface area (Å²) in [6, 6.07) is 12.3. The third-order valence-corrected chi connectivity index (χ3v) is 4.95. The molecule has 0 bridgehead atoms. The molecule has 0 aliphatic rings. The number of hydrogen-bond donors (Lipinski definition) is 2. The van der Waals surface area contributed by atoms with Crippen molar-refractivity contribution in [1.82, 2.24) is 4.72 Å². The molecule has 2 aromatic rings. The van der Waals surface area contributed by atoms with Gasteiger partial charge < -0.3 is 10.1 Å². The van der Waals surface area contributed by atoms with Crippen LogP contribution in [0.1, 0.15) is 12.5 Å². The molecule has 0 fully saturated rings. The number of sulfonamides is 1. The highest BCUT2D eigenvalue weighted by atomic mass is 32.2. The number of amides is 1. The highest BCUT2D eigenvalue weighted by Crippen LogP contribution is 2.17. The van der Waals surface area contributed by atoms with Crippen LogP contribution in [0.2, 0.25) is 0 Å². The van der Waals surface area contributed by atoms with E-state index in [9.17, 15) is 13.2 Å². The first-order valence-electron chi connectivity index (χ1n) is 7.36. The van der Waals surface area contributed by atoms with Crippen LogP contribution in [0, 0.1) is 6.92 Å². The van der Waals surface area contributed by atoms with Gasteiger partial charge in [-0.05, 0) is 38.1 Å². The second-order valence-corrected chi connectivity index (χ2v) is 7.09. The average Bonchev–Trinajstić information content (AvgIpc) is 2.55. The van der Waals surface area contributed by atoms with Gasteiger partial charge in [-0.25, -0.2) is 8.42 Å². The summed E-state index contributed by atoms with van der Waals surface area (Å²) >= 11 is 0. The Bertz CT molecular complexity index is 817. The summed E-state index contributed by atoms with van der Waals surface area (Å²) in [7, 11) is -2.23. The second kappa shape index (κ2) is 7.46. The van der Waals surface area contributed by atoms with Gasteiger partial charge in [0, 0.05) is 11.8 Å². The van der Waals surface area contributed by atoms with Crippen molar-refractivity contribution in [2.24, 2.45) is 0 Å². The molecule has 7 heteroatoms. The lowest BCUT2D eigenvalue weighted by atomic mass is 10.2. The lowest BCUT2D eigenvalue weighted by molar-refractivity contribution is -0.117. The average molecular weight is 348 g/mol. The van der Waals surface area contributed by atoms with Crippen LogP contribution in [0.3, 0.4) is 0 Å². The van der Waals surface area contributed by atoms with Crippen LogP contribution in [0.15, 0.2) is 53.4 Å². The number of benzene rings is 2. The van der Waals surface area contributed by atoms with E-state index in [1.807, 2.05) is 6.92 Å². The highest BCUT2D eigenvalue weighted by molar-refractivity contribution is 7.89. The summed E-state index contributed by atoms with van der Waals surface area (Å²) in [4.78, 5) is 12.3. The van der Waals surface area contributed by atoms with Crippen molar-refractivity contribution in [1.29, 1.82) is 0 Å². The summed E-state index contributed by atoms with van der Waals surface area (Å²) in [6.45, 7) is 3.36. The van der Waals surface area contributed by atoms with Crippen LogP contribution >= 0.6 is 0 Å². The molecule has 2 N–H and O–H groups in total. The first-order chi connectivity index (χ1) is 11.3. The van der Waals surface area contributed by atoms with Gasteiger partial charge in [0.25, 0.3) is 0 Å².